The molecule has 0 nitrogen and oxygen atoms in total. The maximum absolute atomic E-state index is 12.5. The van der Waals surface area contributed by atoms with Crippen LogP contribution >= 0.6 is 0 Å². The van der Waals surface area contributed by atoms with Crippen LogP contribution in [0, 0.1) is 5.92 Å². The number of unbranched alkanes of at least 4 members (excludes halogenated alkanes) is 1. The molecule has 104 valence electrons. The van der Waals surface area contributed by atoms with Crippen LogP contribution in [0.5, 0.6) is 0 Å². The fourth-order valence-corrected chi connectivity index (χ4v) is 1.92. The van der Waals surface area contributed by atoms with Crippen LogP contribution < -0.4 is 0 Å². The van der Waals surface area contributed by atoms with E-state index < -0.39 is 29.4 Å². The van der Waals surface area contributed by atoms with Gasteiger partial charge in [-0.3, -0.25) is 0 Å². The van der Waals surface area contributed by atoms with E-state index in [9.17, 15) is 26.3 Å². The molecule has 6 heteroatoms. The molecule has 18 heavy (non-hydrogen) atoms. The fourth-order valence-electron chi connectivity index (χ4n) is 1.92. The molecule has 0 bridgehead atoms. The summed E-state index contributed by atoms with van der Waals surface area (Å²) >= 11 is 0. The highest BCUT2D eigenvalue weighted by Crippen LogP contribution is 2.40. The van der Waals surface area contributed by atoms with Gasteiger partial charge in [0.2, 0.25) is 0 Å². The molecule has 1 unspecified atom stereocenters. The lowest BCUT2D eigenvalue weighted by Gasteiger charge is -2.24. The van der Waals surface area contributed by atoms with E-state index in [4.69, 9.17) is 0 Å². The Labute approximate surface area is 101 Å². The Kier molecular flexibility index (Phi) is 4.50. The molecule has 0 spiro atoms. The molecule has 1 aliphatic carbocycles. The van der Waals surface area contributed by atoms with Crippen LogP contribution in [0.2, 0.25) is 0 Å². The normalized spacial score (nSPS) is 21.6. The first-order valence-corrected chi connectivity index (χ1v) is 5.71. The molecule has 0 saturated heterocycles. The molecule has 0 aromatic carbocycles. The Hall–Kier alpha value is -0.940. The molecule has 0 aromatic rings. The van der Waals surface area contributed by atoms with Crippen molar-refractivity contribution >= 4 is 0 Å². The van der Waals surface area contributed by atoms with Crippen molar-refractivity contribution in [3.8, 4) is 0 Å². The van der Waals surface area contributed by atoms with Gasteiger partial charge in [-0.1, -0.05) is 25.8 Å². The number of allylic oxidation sites excluding steroid dienone is 4. The molecule has 0 saturated carbocycles. The summed E-state index contributed by atoms with van der Waals surface area (Å²) in [5.41, 5.74) is -2.26. The van der Waals surface area contributed by atoms with Crippen molar-refractivity contribution in [3.63, 3.8) is 0 Å². The van der Waals surface area contributed by atoms with Crippen molar-refractivity contribution in [1.29, 1.82) is 0 Å². The van der Waals surface area contributed by atoms with Crippen molar-refractivity contribution < 1.29 is 26.3 Å². The largest absolute Gasteiger partial charge is 0.416 e. The van der Waals surface area contributed by atoms with Gasteiger partial charge in [0.25, 0.3) is 0 Å². The first-order valence-electron chi connectivity index (χ1n) is 5.71. The zero-order chi connectivity index (χ0) is 14.0. The monoisotopic (exact) mass is 272 g/mol. The minimum Gasteiger partial charge on any atom is -0.166 e. The topological polar surface area (TPSA) is 0 Å². The molecule has 0 amide bonds. The third-order valence-corrected chi connectivity index (χ3v) is 2.85. The van der Waals surface area contributed by atoms with E-state index in [-0.39, 0.29) is 12.5 Å². The summed E-state index contributed by atoms with van der Waals surface area (Å²) in [6.45, 7) is 1.84. The van der Waals surface area contributed by atoms with Crippen molar-refractivity contribution in [2.75, 3.05) is 0 Å². The average molecular weight is 272 g/mol. The second-order valence-electron chi connectivity index (χ2n) is 4.39. The summed E-state index contributed by atoms with van der Waals surface area (Å²) in [5.74, 6) is -0.678. The van der Waals surface area contributed by atoms with Gasteiger partial charge in [-0.25, -0.2) is 0 Å². The van der Waals surface area contributed by atoms with E-state index in [1.165, 1.54) is 0 Å². The van der Waals surface area contributed by atoms with Gasteiger partial charge in [0.1, 0.15) is 0 Å². The second kappa shape index (κ2) is 5.36. The van der Waals surface area contributed by atoms with Gasteiger partial charge in [0, 0.05) is 5.57 Å². The van der Waals surface area contributed by atoms with Crippen LogP contribution in [-0.4, -0.2) is 12.4 Å². The molecule has 0 radical (unpaired) electrons. The quantitative estimate of drug-likeness (QED) is 0.621. The SMILES string of the molecule is CCCCC1C=C(C(F)(F)F)C=C(C(F)(F)F)C1. The summed E-state index contributed by atoms with van der Waals surface area (Å²) in [6.07, 6.45) is -6.90. The van der Waals surface area contributed by atoms with Gasteiger partial charge < -0.3 is 0 Å². The summed E-state index contributed by atoms with van der Waals surface area (Å²) in [6, 6.07) is 0. The van der Waals surface area contributed by atoms with E-state index >= 15 is 0 Å². The number of rotatable bonds is 3. The summed E-state index contributed by atoms with van der Waals surface area (Å²) in [4.78, 5) is 0. The Morgan fingerprint density at radius 2 is 1.72 bits per heavy atom. The van der Waals surface area contributed by atoms with E-state index in [2.05, 4.69) is 0 Å². The minimum absolute atomic E-state index is 0.225. The molecular formula is C12H14F6. The zero-order valence-corrected chi connectivity index (χ0v) is 9.83. The average Bonchev–Trinajstić information content (AvgIpc) is 2.23. The summed E-state index contributed by atoms with van der Waals surface area (Å²) in [7, 11) is 0. The molecule has 0 heterocycles. The van der Waals surface area contributed by atoms with Crippen LogP contribution in [0.15, 0.2) is 23.3 Å². The maximum Gasteiger partial charge on any atom is 0.416 e. The van der Waals surface area contributed by atoms with E-state index in [1.54, 1.807) is 0 Å². The highest BCUT2D eigenvalue weighted by molar-refractivity contribution is 5.34. The highest BCUT2D eigenvalue weighted by atomic mass is 19.4. The van der Waals surface area contributed by atoms with Gasteiger partial charge >= 0.3 is 12.4 Å². The molecule has 0 fully saturated rings. The van der Waals surface area contributed by atoms with Crippen LogP contribution in [0.25, 0.3) is 0 Å². The first-order chi connectivity index (χ1) is 8.14. The second-order valence-corrected chi connectivity index (χ2v) is 4.39. The molecule has 1 rings (SSSR count). The van der Waals surface area contributed by atoms with Crippen molar-refractivity contribution in [3.05, 3.63) is 23.3 Å². The number of hydrogen-bond acceptors (Lipinski definition) is 0. The predicted molar refractivity (Wildman–Crippen MR) is 55.9 cm³/mol. The van der Waals surface area contributed by atoms with E-state index in [0.717, 1.165) is 12.5 Å². The van der Waals surface area contributed by atoms with Crippen LogP contribution in [-0.2, 0) is 0 Å². The summed E-state index contributed by atoms with van der Waals surface area (Å²) < 4.78 is 75.2. The minimum atomic E-state index is -4.72. The van der Waals surface area contributed by atoms with Gasteiger partial charge in [-0.2, -0.15) is 26.3 Å². The van der Waals surface area contributed by atoms with Crippen LogP contribution in [0.3, 0.4) is 0 Å². The molecule has 0 aliphatic heterocycles. The Morgan fingerprint density at radius 1 is 1.11 bits per heavy atom. The predicted octanol–water partition coefficient (Wildman–Crippen LogP) is 5.17. The van der Waals surface area contributed by atoms with E-state index in [1.807, 2.05) is 6.92 Å². The summed E-state index contributed by atoms with van der Waals surface area (Å²) in [5, 5.41) is 0. The maximum atomic E-state index is 12.5. The van der Waals surface area contributed by atoms with Gasteiger partial charge in [0.15, 0.2) is 0 Å². The smallest absolute Gasteiger partial charge is 0.166 e. The van der Waals surface area contributed by atoms with E-state index in [0.29, 0.717) is 12.8 Å². The number of halogens is 6. The van der Waals surface area contributed by atoms with Crippen molar-refractivity contribution in [2.45, 2.75) is 45.0 Å². The lowest BCUT2D eigenvalue weighted by Crippen LogP contribution is -2.22. The fraction of sp³-hybridized carbons (Fsp3) is 0.667. The molecule has 0 N–H and O–H groups in total. The lowest BCUT2D eigenvalue weighted by atomic mass is 9.86. The molecule has 0 aromatic heterocycles. The number of alkyl halides is 6. The molecule has 1 aliphatic rings. The number of hydrogen-bond donors (Lipinski definition) is 0. The molecular weight excluding hydrogens is 258 g/mol. The standard InChI is InChI=1S/C12H14F6/c1-2-3-4-8-5-9(11(13,14)15)7-10(6-8)12(16,17)18/h5,7-8H,2-4,6H2,1H3. The van der Waals surface area contributed by atoms with Gasteiger partial charge in [-0.15, -0.1) is 0 Å². The van der Waals surface area contributed by atoms with Crippen molar-refractivity contribution in [1.82, 2.24) is 0 Å². The Morgan fingerprint density at radius 3 is 2.17 bits per heavy atom. The Bertz CT molecular complexity index is 345. The zero-order valence-electron chi connectivity index (χ0n) is 9.83. The molecule has 1 atom stereocenters. The van der Waals surface area contributed by atoms with Crippen LogP contribution in [0.4, 0.5) is 26.3 Å². The van der Waals surface area contributed by atoms with Crippen molar-refractivity contribution in [2.24, 2.45) is 5.92 Å². The Balaban J connectivity index is 2.97. The highest BCUT2D eigenvalue weighted by Gasteiger charge is 2.41. The van der Waals surface area contributed by atoms with Gasteiger partial charge in [-0.05, 0) is 24.8 Å². The third-order valence-electron chi connectivity index (χ3n) is 2.85. The van der Waals surface area contributed by atoms with Crippen LogP contribution in [0.1, 0.15) is 32.6 Å². The first kappa shape index (κ1) is 15.1. The lowest BCUT2D eigenvalue weighted by molar-refractivity contribution is -0.100. The van der Waals surface area contributed by atoms with Gasteiger partial charge in [0.05, 0.1) is 5.57 Å². The third kappa shape index (κ3) is 4.07.